The van der Waals surface area contributed by atoms with Gasteiger partial charge in [-0.2, -0.15) is 0 Å². The Bertz CT molecular complexity index is 304. The normalized spacial score (nSPS) is 50.1. The minimum absolute atomic E-state index is 0.174. The zero-order valence-corrected chi connectivity index (χ0v) is 9.02. The molecule has 2 saturated carbocycles. The average Bonchev–Trinajstić information content (AvgIpc) is 2.93. The van der Waals surface area contributed by atoms with Crippen molar-refractivity contribution >= 4 is 0 Å². The van der Waals surface area contributed by atoms with E-state index in [1.54, 1.807) is 0 Å². The summed E-state index contributed by atoms with van der Waals surface area (Å²) in [7, 11) is 0. The third-order valence-electron chi connectivity index (χ3n) is 4.97. The monoisotopic (exact) mass is 206 g/mol. The van der Waals surface area contributed by atoms with Crippen LogP contribution in [0.4, 0.5) is 0 Å². The van der Waals surface area contributed by atoms with Gasteiger partial charge in [0.05, 0.1) is 13.2 Å². The van der Waals surface area contributed by atoms with E-state index in [2.05, 4.69) is 12.2 Å². The molecule has 2 unspecified atom stereocenters. The number of hydrogen-bond donors (Lipinski definition) is 0. The minimum atomic E-state index is -0.174. The molecule has 4 rings (SSSR count). The lowest BCUT2D eigenvalue weighted by Gasteiger charge is -2.45. The number of ether oxygens (including phenoxy) is 2. The summed E-state index contributed by atoms with van der Waals surface area (Å²) in [5.74, 6) is 2.94. The first-order chi connectivity index (χ1) is 7.39. The van der Waals surface area contributed by atoms with Crippen molar-refractivity contribution in [2.45, 2.75) is 31.5 Å². The largest absolute Gasteiger partial charge is 0.347 e. The molecule has 4 atom stereocenters. The van der Waals surface area contributed by atoms with E-state index in [1.807, 2.05) is 0 Å². The number of hydrogen-bond acceptors (Lipinski definition) is 2. The van der Waals surface area contributed by atoms with Crippen molar-refractivity contribution in [3.05, 3.63) is 12.2 Å². The lowest BCUT2D eigenvalue weighted by molar-refractivity contribution is -0.228. The van der Waals surface area contributed by atoms with Gasteiger partial charge in [0, 0.05) is 12.3 Å². The second-order valence-electron chi connectivity index (χ2n) is 5.54. The fourth-order valence-corrected chi connectivity index (χ4v) is 4.53. The Morgan fingerprint density at radius 2 is 1.87 bits per heavy atom. The van der Waals surface area contributed by atoms with Gasteiger partial charge in [0.1, 0.15) is 0 Å². The topological polar surface area (TPSA) is 18.5 Å². The molecular weight excluding hydrogens is 188 g/mol. The van der Waals surface area contributed by atoms with E-state index in [0.717, 1.165) is 37.4 Å². The van der Waals surface area contributed by atoms with Gasteiger partial charge in [0.25, 0.3) is 0 Å². The Balaban J connectivity index is 1.73. The van der Waals surface area contributed by atoms with E-state index >= 15 is 0 Å². The molecule has 3 aliphatic carbocycles. The van der Waals surface area contributed by atoms with E-state index in [1.165, 1.54) is 19.3 Å². The summed E-state index contributed by atoms with van der Waals surface area (Å²) < 4.78 is 12.0. The standard InChI is InChI=1S/C13H18O2/c1-2-11-9-3-4-10(8-9)12(11)13(5-1)14-6-7-15-13/h3-4,9-12H,1-2,5-8H2/t9-,10+,11?,12?/m0/s1. The third-order valence-corrected chi connectivity index (χ3v) is 4.97. The highest BCUT2D eigenvalue weighted by atomic mass is 16.7. The van der Waals surface area contributed by atoms with Crippen LogP contribution in [0, 0.1) is 23.7 Å². The van der Waals surface area contributed by atoms with Crippen molar-refractivity contribution in [3.63, 3.8) is 0 Å². The maximum Gasteiger partial charge on any atom is 0.172 e. The third kappa shape index (κ3) is 1.02. The van der Waals surface area contributed by atoms with Crippen LogP contribution in [-0.4, -0.2) is 19.0 Å². The van der Waals surface area contributed by atoms with Crippen LogP contribution in [-0.2, 0) is 9.47 Å². The first-order valence-electron chi connectivity index (χ1n) is 6.35. The predicted octanol–water partition coefficient (Wildman–Crippen LogP) is 2.35. The molecular formula is C13H18O2. The van der Waals surface area contributed by atoms with E-state index in [9.17, 15) is 0 Å². The molecule has 0 aromatic rings. The van der Waals surface area contributed by atoms with Crippen LogP contribution < -0.4 is 0 Å². The van der Waals surface area contributed by atoms with Crippen LogP contribution in [0.2, 0.25) is 0 Å². The maximum atomic E-state index is 5.99. The SMILES string of the molecule is C1=C[C@H]2C[C@@H]1C1C2CCCC12OCCO2. The van der Waals surface area contributed by atoms with Crippen molar-refractivity contribution in [3.8, 4) is 0 Å². The van der Waals surface area contributed by atoms with Gasteiger partial charge in [-0.25, -0.2) is 0 Å². The second kappa shape index (κ2) is 2.86. The molecule has 15 heavy (non-hydrogen) atoms. The van der Waals surface area contributed by atoms with E-state index in [4.69, 9.17) is 9.47 Å². The van der Waals surface area contributed by atoms with Crippen molar-refractivity contribution in [2.75, 3.05) is 13.2 Å². The summed E-state index contributed by atoms with van der Waals surface area (Å²) in [6.07, 6.45) is 10.0. The van der Waals surface area contributed by atoms with Crippen molar-refractivity contribution in [2.24, 2.45) is 23.7 Å². The Hall–Kier alpha value is -0.340. The van der Waals surface area contributed by atoms with E-state index in [0.29, 0.717) is 5.92 Å². The van der Waals surface area contributed by atoms with Gasteiger partial charge >= 0.3 is 0 Å². The molecule has 82 valence electrons. The highest BCUT2D eigenvalue weighted by molar-refractivity contribution is 5.17. The number of fused-ring (bicyclic) bond motifs is 6. The van der Waals surface area contributed by atoms with Crippen LogP contribution in [0.15, 0.2) is 12.2 Å². The highest BCUT2D eigenvalue weighted by Gasteiger charge is 2.58. The van der Waals surface area contributed by atoms with Gasteiger partial charge in [-0.1, -0.05) is 12.2 Å². The summed E-state index contributed by atoms with van der Waals surface area (Å²) in [5, 5.41) is 0. The summed E-state index contributed by atoms with van der Waals surface area (Å²) in [6, 6.07) is 0. The maximum absolute atomic E-state index is 5.99. The summed E-state index contributed by atoms with van der Waals surface area (Å²) in [6.45, 7) is 1.62. The smallest absolute Gasteiger partial charge is 0.172 e. The van der Waals surface area contributed by atoms with Crippen LogP contribution in [0.5, 0.6) is 0 Å². The molecule has 2 nitrogen and oxygen atoms in total. The van der Waals surface area contributed by atoms with Crippen molar-refractivity contribution in [1.82, 2.24) is 0 Å². The Kier molecular flexibility index (Phi) is 1.67. The molecule has 2 heteroatoms. The molecule has 0 radical (unpaired) electrons. The molecule has 2 bridgehead atoms. The molecule has 3 fully saturated rings. The predicted molar refractivity (Wildman–Crippen MR) is 56.2 cm³/mol. The lowest BCUT2D eigenvalue weighted by Crippen LogP contribution is -2.47. The van der Waals surface area contributed by atoms with Crippen LogP contribution in [0.3, 0.4) is 0 Å². The summed E-state index contributed by atoms with van der Waals surface area (Å²) in [4.78, 5) is 0. The fourth-order valence-electron chi connectivity index (χ4n) is 4.53. The molecule has 1 aliphatic heterocycles. The average molecular weight is 206 g/mol. The zero-order chi connectivity index (χ0) is 9.88. The fraction of sp³-hybridized carbons (Fsp3) is 0.846. The quantitative estimate of drug-likeness (QED) is 0.566. The molecule has 0 amide bonds. The van der Waals surface area contributed by atoms with E-state index < -0.39 is 0 Å². The van der Waals surface area contributed by atoms with Crippen molar-refractivity contribution in [1.29, 1.82) is 0 Å². The van der Waals surface area contributed by atoms with Gasteiger partial charge in [0.2, 0.25) is 0 Å². The van der Waals surface area contributed by atoms with Gasteiger partial charge in [0.15, 0.2) is 5.79 Å². The zero-order valence-electron chi connectivity index (χ0n) is 9.02. The summed E-state index contributed by atoms with van der Waals surface area (Å²) in [5.41, 5.74) is 0. The Morgan fingerprint density at radius 3 is 2.73 bits per heavy atom. The lowest BCUT2D eigenvalue weighted by atomic mass is 9.69. The number of allylic oxidation sites excluding steroid dienone is 2. The molecule has 0 aromatic carbocycles. The van der Waals surface area contributed by atoms with Gasteiger partial charge in [-0.05, 0) is 37.0 Å². The summed E-state index contributed by atoms with van der Waals surface area (Å²) >= 11 is 0. The van der Waals surface area contributed by atoms with Crippen LogP contribution in [0.25, 0.3) is 0 Å². The van der Waals surface area contributed by atoms with Crippen LogP contribution >= 0.6 is 0 Å². The molecule has 4 aliphatic rings. The molecule has 1 spiro atoms. The van der Waals surface area contributed by atoms with Gasteiger partial charge < -0.3 is 9.47 Å². The molecule has 1 saturated heterocycles. The van der Waals surface area contributed by atoms with Gasteiger partial charge in [-0.15, -0.1) is 0 Å². The highest BCUT2D eigenvalue weighted by Crippen LogP contribution is 2.59. The minimum Gasteiger partial charge on any atom is -0.347 e. The molecule has 0 aromatic heterocycles. The van der Waals surface area contributed by atoms with Crippen molar-refractivity contribution < 1.29 is 9.47 Å². The van der Waals surface area contributed by atoms with Gasteiger partial charge in [-0.3, -0.25) is 0 Å². The Labute approximate surface area is 90.6 Å². The first-order valence-corrected chi connectivity index (χ1v) is 6.35. The van der Waals surface area contributed by atoms with E-state index in [-0.39, 0.29) is 5.79 Å². The first kappa shape index (κ1) is 8.77. The van der Waals surface area contributed by atoms with Crippen LogP contribution in [0.1, 0.15) is 25.7 Å². The number of rotatable bonds is 0. The Morgan fingerprint density at radius 1 is 1.07 bits per heavy atom. The second-order valence-corrected chi connectivity index (χ2v) is 5.54. The molecule has 0 N–H and O–H groups in total. The molecule has 1 heterocycles.